The zero-order chi connectivity index (χ0) is 26.2. The number of nitrogens with one attached hydrogen (secondary N) is 2. The number of aliphatic carboxylic acids is 1. The third kappa shape index (κ3) is 6.35. The van der Waals surface area contributed by atoms with Gasteiger partial charge < -0.3 is 25.2 Å². The molecule has 0 spiro atoms. The average molecular weight is 501 g/mol. The highest BCUT2D eigenvalue weighted by molar-refractivity contribution is 5.81. The van der Waals surface area contributed by atoms with Crippen molar-refractivity contribution in [1.29, 1.82) is 0 Å². The second-order valence-corrected chi connectivity index (χ2v) is 8.62. The van der Waals surface area contributed by atoms with Gasteiger partial charge in [0.2, 0.25) is 0 Å². The molecule has 0 saturated carbocycles. The van der Waals surface area contributed by atoms with E-state index in [0.717, 1.165) is 27.8 Å². The molecule has 1 aliphatic carbocycles. The highest BCUT2D eigenvalue weighted by Gasteiger charge is 2.29. The number of amides is 2. The molecule has 4 rings (SSSR count). The molecule has 0 radical (unpaired) electrons. The molecular formula is C29H28N2O6. The molecule has 3 aromatic carbocycles. The van der Waals surface area contributed by atoms with Crippen molar-refractivity contribution in [2.45, 2.75) is 24.9 Å². The van der Waals surface area contributed by atoms with Crippen LogP contribution in [0.25, 0.3) is 11.1 Å². The first-order valence-corrected chi connectivity index (χ1v) is 11.9. The molecule has 3 N–H and O–H groups in total. The number of hydrogen-bond acceptors (Lipinski definition) is 5. The Labute approximate surface area is 214 Å². The Balaban J connectivity index is 1.32. The Morgan fingerprint density at radius 2 is 1.46 bits per heavy atom. The molecule has 3 aromatic rings. The van der Waals surface area contributed by atoms with Crippen LogP contribution < -0.4 is 10.6 Å². The van der Waals surface area contributed by atoms with E-state index in [-0.39, 0.29) is 32.1 Å². The van der Waals surface area contributed by atoms with E-state index < -0.39 is 24.2 Å². The molecule has 0 heterocycles. The van der Waals surface area contributed by atoms with Crippen molar-refractivity contribution in [3.8, 4) is 11.1 Å². The molecule has 0 unspecified atom stereocenters. The van der Waals surface area contributed by atoms with Gasteiger partial charge in [0.1, 0.15) is 19.3 Å². The van der Waals surface area contributed by atoms with Gasteiger partial charge in [0, 0.05) is 18.9 Å². The van der Waals surface area contributed by atoms with E-state index in [1.807, 2.05) is 48.5 Å². The second-order valence-electron chi connectivity index (χ2n) is 8.62. The van der Waals surface area contributed by atoms with Crippen LogP contribution in [0.2, 0.25) is 0 Å². The fourth-order valence-corrected chi connectivity index (χ4v) is 4.37. The van der Waals surface area contributed by atoms with Crippen LogP contribution in [0.15, 0.2) is 85.5 Å². The van der Waals surface area contributed by atoms with Crippen LogP contribution in [0.4, 0.5) is 9.59 Å². The van der Waals surface area contributed by atoms with Gasteiger partial charge in [0.25, 0.3) is 0 Å². The summed E-state index contributed by atoms with van der Waals surface area (Å²) in [6.07, 6.45) is 0.216. The van der Waals surface area contributed by atoms with Crippen LogP contribution in [0.1, 0.15) is 28.2 Å². The molecule has 37 heavy (non-hydrogen) atoms. The lowest BCUT2D eigenvalue weighted by atomic mass is 9.98. The van der Waals surface area contributed by atoms with Gasteiger partial charge in [-0.25, -0.2) is 14.4 Å². The third-order valence-electron chi connectivity index (χ3n) is 6.17. The van der Waals surface area contributed by atoms with Gasteiger partial charge in [-0.05, 0) is 33.4 Å². The van der Waals surface area contributed by atoms with E-state index in [1.54, 1.807) is 24.3 Å². The molecule has 2 amide bonds. The summed E-state index contributed by atoms with van der Waals surface area (Å²) in [5.41, 5.74) is 5.91. The molecule has 8 heteroatoms. The van der Waals surface area contributed by atoms with Crippen molar-refractivity contribution < 1.29 is 29.0 Å². The maximum absolute atomic E-state index is 12.6. The average Bonchev–Trinajstić information content (AvgIpc) is 3.23. The maximum atomic E-state index is 12.6. The van der Waals surface area contributed by atoms with E-state index in [2.05, 4.69) is 17.2 Å². The van der Waals surface area contributed by atoms with E-state index in [0.29, 0.717) is 5.56 Å². The van der Waals surface area contributed by atoms with E-state index >= 15 is 0 Å². The minimum Gasteiger partial charge on any atom is -0.480 e. The van der Waals surface area contributed by atoms with Crippen molar-refractivity contribution in [2.24, 2.45) is 0 Å². The van der Waals surface area contributed by atoms with Gasteiger partial charge in [-0.15, -0.1) is 0 Å². The van der Waals surface area contributed by atoms with Crippen molar-refractivity contribution in [1.82, 2.24) is 10.6 Å². The lowest BCUT2D eigenvalue weighted by Crippen LogP contribution is -2.42. The normalized spacial score (nSPS) is 12.5. The summed E-state index contributed by atoms with van der Waals surface area (Å²) in [5, 5.41) is 14.7. The predicted octanol–water partition coefficient (Wildman–Crippen LogP) is 4.63. The minimum absolute atomic E-state index is 0.0780. The lowest BCUT2D eigenvalue weighted by Gasteiger charge is -2.17. The number of hydrogen-bond donors (Lipinski definition) is 3. The smallest absolute Gasteiger partial charge is 0.407 e. The molecule has 1 aliphatic rings. The largest absolute Gasteiger partial charge is 0.480 e. The number of carbonyl (C=O) groups is 3. The summed E-state index contributed by atoms with van der Waals surface area (Å²) < 4.78 is 10.3. The van der Waals surface area contributed by atoms with Crippen LogP contribution in [-0.4, -0.2) is 42.5 Å². The van der Waals surface area contributed by atoms with Gasteiger partial charge >= 0.3 is 18.2 Å². The first-order valence-electron chi connectivity index (χ1n) is 11.9. The summed E-state index contributed by atoms with van der Waals surface area (Å²) >= 11 is 0. The van der Waals surface area contributed by atoms with Crippen LogP contribution in [-0.2, 0) is 27.2 Å². The summed E-state index contributed by atoms with van der Waals surface area (Å²) in [4.78, 5) is 35.9. The highest BCUT2D eigenvalue weighted by Crippen LogP contribution is 2.44. The molecule has 0 saturated heterocycles. The molecule has 190 valence electrons. The van der Waals surface area contributed by atoms with Crippen LogP contribution in [0.3, 0.4) is 0 Å². The number of benzene rings is 3. The van der Waals surface area contributed by atoms with Crippen LogP contribution >= 0.6 is 0 Å². The Kier molecular flexibility index (Phi) is 8.20. The van der Waals surface area contributed by atoms with Gasteiger partial charge in [0.05, 0.1) is 0 Å². The quantitative estimate of drug-likeness (QED) is 0.350. The summed E-state index contributed by atoms with van der Waals surface area (Å²) in [5.74, 6) is -1.28. The second kappa shape index (κ2) is 11.9. The first-order chi connectivity index (χ1) is 18.0. The summed E-state index contributed by atoms with van der Waals surface area (Å²) in [7, 11) is 0. The van der Waals surface area contributed by atoms with Crippen molar-refractivity contribution in [3.05, 3.63) is 108 Å². The Hall–Kier alpha value is -4.59. The monoisotopic (exact) mass is 500 g/mol. The van der Waals surface area contributed by atoms with Crippen LogP contribution in [0.5, 0.6) is 0 Å². The molecule has 0 aromatic heterocycles. The predicted molar refractivity (Wildman–Crippen MR) is 138 cm³/mol. The lowest BCUT2D eigenvalue weighted by molar-refractivity contribution is -0.139. The van der Waals surface area contributed by atoms with E-state index in [4.69, 9.17) is 9.47 Å². The zero-order valence-corrected chi connectivity index (χ0v) is 20.2. The molecule has 0 fully saturated rings. The fourth-order valence-electron chi connectivity index (χ4n) is 4.37. The Morgan fingerprint density at radius 1 is 0.865 bits per heavy atom. The van der Waals surface area contributed by atoms with Crippen molar-refractivity contribution >= 4 is 18.2 Å². The van der Waals surface area contributed by atoms with Gasteiger partial charge in [-0.2, -0.15) is 0 Å². The minimum atomic E-state index is -1.16. The molecular weight excluding hydrogens is 472 g/mol. The maximum Gasteiger partial charge on any atom is 0.407 e. The number of alkyl carbamates (subject to hydrolysis) is 2. The fraction of sp³-hybridized carbons (Fsp3) is 0.207. The summed E-state index contributed by atoms with van der Waals surface area (Å²) in [6.45, 7) is 3.96. The van der Waals surface area contributed by atoms with Gasteiger partial charge in [0.15, 0.2) is 0 Å². The number of carbonyl (C=O) groups excluding carboxylic acids is 2. The third-order valence-corrected chi connectivity index (χ3v) is 6.17. The standard InChI is InChI=1S/C29H28N2O6/c1-2-15-36-28(34)30-17-20-13-11-19(12-14-20)16-26(27(32)33)31-29(35)37-18-25-23-9-5-3-7-21(23)22-8-4-6-10-24(22)25/h2-14,25-26H,1,15-18H2,(H,30,34)(H,31,35)(H,32,33)/t26-/m0/s1. The molecule has 0 aliphatic heterocycles. The summed E-state index contributed by atoms with van der Waals surface area (Å²) in [6, 6.07) is 21.9. The Bertz CT molecular complexity index is 1240. The highest BCUT2D eigenvalue weighted by atomic mass is 16.6. The number of ether oxygens (including phenoxy) is 2. The number of carboxylic acids is 1. The zero-order valence-electron chi connectivity index (χ0n) is 20.2. The molecule has 1 atom stereocenters. The first kappa shape index (κ1) is 25.5. The SMILES string of the molecule is C=CCOC(=O)NCc1ccc(C[C@H](NC(=O)OCC2c3ccccc3-c3ccccc32)C(=O)O)cc1. The van der Waals surface area contributed by atoms with Gasteiger partial charge in [-0.1, -0.05) is 85.5 Å². The van der Waals surface area contributed by atoms with Crippen LogP contribution in [0, 0.1) is 0 Å². The topological polar surface area (TPSA) is 114 Å². The molecule has 8 nitrogen and oxygen atoms in total. The van der Waals surface area contributed by atoms with E-state index in [9.17, 15) is 19.5 Å². The number of carboxylic acid groups (broad SMARTS) is 1. The number of rotatable bonds is 10. The van der Waals surface area contributed by atoms with Crippen molar-refractivity contribution in [3.63, 3.8) is 0 Å². The van der Waals surface area contributed by atoms with Crippen molar-refractivity contribution in [2.75, 3.05) is 13.2 Å². The van der Waals surface area contributed by atoms with Gasteiger partial charge in [-0.3, -0.25) is 0 Å². The Morgan fingerprint density at radius 3 is 2.05 bits per heavy atom. The van der Waals surface area contributed by atoms with E-state index in [1.165, 1.54) is 6.08 Å². The molecule has 0 bridgehead atoms. The number of fused-ring (bicyclic) bond motifs is 3.